The number of rotatable bonds is 6. The number of nitrogens with one attached hydrogen (secondary N) is 2. The number of nitrogens with zero attached hydrogens (tertiary/aromatic N) is 2. The lowest BCUT2D eigenvalue weighted by Gasteiger charge is -2.35. The molecule has 2 heterocycles. The van der Waals surface area contributed by atoms with Crippen LogP contribution in [-0.2, 0) is 11.3 Å². The Labute approximate surface area is 217 Å². The summed E-state index contributed by atoms with van der Waals surface area (Å²) in [7, 11) is 0. The molecule has 2 aromatic rings. The van der Waals surface area contributed by atoms with Gasteiger partial charge in [0.25, 0.3) is 5.92 Å². The molecule has 1 aromatic heterocycles. The first-order valence-corrected chi connectivity index (χ1v) is 12.4. The Morgan fingerprint density at radius 3 is 2.49 bits per heavy atom. The largest absolute Gasteiger partial charge is 0.446 e. The standard InChI is InChI=1S/C24H25F7N4O4/c25-22(26)5-3-13(4-6-22)18(34-21(37)38-14-8-23(27,28)9-14)19-32-15-7-12(1-2-16(15)39-19)10-35-11-17(24(29,30)31)33-20(35)36/h1-2,7,13-14,17-18H,3-6,8-11H2,(H,33,36)(H,34,37). The minimum absolute atomic E-state index is 0.00990. The van der Waals surface area contributed by atoms with Gasteiger partial charge in [-0.25, -0.2) is 32.1 Å². The van der Waals surface area contributed by atoms with Crippen molar-refractivity contribution in [2.24, 2.45) is 5.92 Å². The molecule has 2 N–H and O–H groups in total. The molecular weight excluding hydrogens is 541 g/mol. The van der Waals surface area contributed by atoms with Crippen molar-refractivity contribution in [3.8, 4) is 0 Å². The Hall–Kier alpha value is -3.26. The maximum Gasteiger partial charge on any atom is 0.410 e. The molecule has 1 aliphatic heterocycles. The number of urea groups is 1. The minimum atomic E-state index is -4.58. The molecule has 5 rings (SSSR count). The molecule has 15 heteroatoms. The second kappa shape index (κ2) is 9.73. The number of halogens is 7. The third-order valence-corrected chi connectivity index (χ3v) is 7.32. The van der Waals surface area contributed by atoms with Crippen molar-refractivity contribution in [2.75, 3.05) is 6.54 Å². The zero-order valence-corrected chi connectivity index (χ0v) is 20.4. The van der Waals surface area contributed by atoms with Crippen LogP contribution in [0.2, 0.25) is 0 Å². The third kappa shape index (κ3) is 6.16. The highest BCUT2D eigenvalue weighted by Gasteiger charge is 2.49. The molecule has 39 heavy (non-hydrogen) atoms. The average molecular weight is 566 g/mol. The van der Waals surface area contributed by atoms with Crippen LogP contribution >= 0.6 is 0 Å². The fraction of sp³-hybridized carbons (Fsp3) is 0.625. The molecule has 2 aliphatic carbocycles. The summed E-state index contributed by atoms with van der Waals surface area (Å²) in [6, 6.07) is 0.726. The average Bonchev–Trinajstić information content (AvgIpc) is 3.39. The van der Waals surface area contributed by atoms with Crippen molar-refractivity contribution in [3.05, 3.63) is 29.7 Å². The second-order valence-corrected chi connectivity index (χ2v) is 10.4. The van der Waals surface area contributed by atoms with Crippen LogP contribution in [0.5, 0.6) is 0 Å². The van der Waals surface area contributed by atoms with Crippen LogP contribution in [0.1, 0.15) is 56.0 Å². The summed E-state index contributed by atoms with van der Waals surface area (Å²) >= 11 is 0. The molecule has 2 unspecified atom stereocenters. The van der Waals surface area contributed by atoms with Crippen molar-refractivity contribution in [2.45, 2.75) is 81.3 Å². The summed E-state index contributed by atoms with van der Waals surface area (Å²) in [6.45, 7) is -0.688. The van der Waals surface area contributed by atoms with E-state index in [0.717, 1.165) is 4.90 Å². The summed E-state index contributed by atoms with van der Waals surface area (Å²) in [5.74, 6) is -6.26. The van der Waals surface area contributed by atoms with E-state index in [0.29, 0.717) is 5.56 Å². The second-order valence-electron chi connectivity index (χ2n) is 10.4. The van der Waals surface area contributed by atoms with Crippen molar-refractivity contribution in [3.63, 3.8) is 0 Å². The number of hydrogen-bond acceptors (Lipinski definition) is 5. The predicted molar refractivity (Wildman–Crippen MR) is 120 cm³/mol. The number of fused-ring (bicyclic) bond motifs is 1. The van der Waals surface area contributed by atoms with Crippen molar-refractivity contribution >= 4 is 23.2 Å². The molecule has 3 amide bonds. The summed E-state index contributed by atoms with van der Waals surface area (Å²) in [4.78, 5) is 29.9. The number of ether oxygens (including phenoxy) is 1. The van der Waals surface area contributed by atoms with E-state index in [2.05, 4.69) is 10.3 Å². The molecule has 3 fully saturated rings. The molecule has 1 saturated heterocycles. The highest BCUT2D eigenvalue weighted by atomic mass is 19.4. The lowest BCUT2D eigenvalue weighted by atomic mass is 9.82. The van der Waals surface area contributed by atoms with Crippen LogP contribution in [-0.4, -0.2) is 58.7 Å². The highest BCUT2D eigenvalue weighted by molar-refractivity contribution is 5.78. The van der Waals surface area contributed by atoms with Crippen LogP contribution in [0.15, 0.2) is 22.6 Å². The van der Waals surface area contributed by atoms with Crippen molar-refractivity contribution in [1.29, 1.82) is 0 Å². The molecule has 8 nitrogen and oxygen atoms in total. The Morgan fingerprint density at radius 2 is 1.87 bits per heavy atom. The van der Waals surface area contributed by atoms with Gasteiger partial charge in [-0.3, -0.25) is 0 Å². The number of amides is 3. The van der Waals surface area contributed by atoms with E-state index in [1.165, 1.54) is 12.1 Å². The van der Waals surface area contributed by atoms with Gasteiger partial charge in [0.2, 0.25) is 11.8 Å². The van der Waals surface area contributed by atoms with Gasteiger partial charge >= 0.3 is 18.3 Å². The van der Waals surface area contributed by atoms with Gasteiger partial charge in [0.15, 0.2) is 5.58 Å². The summed E-state index contributed by atoms with van der Waals surface area (Å²) < 4.78 is 104. The van der Waals surface area contributed by atoms with Gasteiger partial charge in [0, 0.05) is 32.2 Å². The van der Waals surface area contributed by atoms with E-state index >= 15 is 0 Å². The first kappa shape index (κ1) is 27.3. The van der Waals surface area contributed by atoms with Gasteiger partial charge in [0.05, 0.1) is 6.54 Å². The lowest BCUT2D eigenvalue weighted by molar-refractivity contribution is -0.150. The molecule has 0 radical (unpaired) electrons. The molecule has 2 saturated carbocycles. The van der Waals surface area contributed by atoms with Gasteiger partial charge in [-0.05, 0) is 36.5 Å². The van der Waals surface area contributed by atoms with Crippen LogP contribution in [0.4, 0.5) is 40.3 Å². The van der Waals surface area contributed by atoms with Crippen LogP contribution in [0.25, 0.3) is 11.1 Å². The number of carbonyl (C=O) groups excluding carboxylic acids is 2. The minimum Gasteiger partial charge on any atom is -0.446 e. The quantitative estimate of drug-likeness (QED) is 0.439. The number of hydrogen-bond donors (Lipinski definition) is 2. The first-order valence-electron chi connectivity index (χ1n) is 12.4. The third-order valence-electron chi connectivity index (χ3n) is 7.32. The first-order chi connectivity index (χ1) is 18.2. The van der Waals surface area contributed by atoms with E-state index in [1.54, 1.807) is 6.07 Å². The number of aromatic nitrogens is 1. The fourth-order valence-electron chi connectivity index (χ4n) is 5.13. The topological polar surface area (TPSA) is 96.7 Å². The molecular formula is C24H25F7N4O4. The summed E-state index contributed by atoms with van der Waals surface area (Å²) in [5.41, 5.74) is 0.995. The zero-order valence-electron chi connectivity index (χ0n) is 20.4. The fourth-order valence-corrected chi connectivity index (χ4v) is 5.13. The van der Waals surface area contributed by atoms with Crippen molar-refractivity contribution < 1.29 is 49.5 Å². The number of alkyl halides is 7. The number of benzene rings is 1. The van der Waals surface area contributed by atoms with Gasteiger partial charge in [-0.1, -0.05) is 6.07 Å². The molecule has 0 spiro atoms. The van der Waals surface area contributed by atoms with Crippen LogP contribution < -0.4 is 10.6 Å². The predicted octanol–water partition coefficient (Wildman–Crippen LogP) is 5.67. The van der Waals surface area contributed by atoms with E-state index in [9.17, 15) is 40.3 Å². The summed E-state index contributed by atoms with van der Waals surface area (Å²) in [6.07, 6.45) is -8.52. The molecule has 214 valence electrons. The SMILES string of the molecule is O=C(NC(c1nc2cc(CN3CC(C(F)(F)F)NC3=O)ccc2o1)C1CCC(F)(F)CC1)OC1CC(F)(F)C1. The maximum atomic E-state index is 13.8. The van der Waals surface area contributed by atoms with Crippen molar-refractivity contribution in [1.82, 2.24) is 20.5 Å². The lowest BCUT2D eigenvalue weighted by Crippen LogP contribution is -2.45. The zero-order chi connectivity index (χ0) is 28.2. The van der Waals surface area contributed by atoms with E-state index in [4.69, 9.17) is 9.15 Å². The van der Waals surface area contributed by atoms with Gasteiger partial charge < -0.3 is 24.7 Å². The normalized spacial score (nSPS) is 24.3. The molecule has 2 atom stereocenters. The smallest absolute Gasteiger partial charge is 0.410 e. The highest BCUT2D eigenvalue weighted by Crippen LogP contribution is 2.43. The number of carbonyl (C=O) groups is 2. The van der Waals surface area contributed by atoms with Crippen LogP contribution in [0, 0.1) is 5.92 Å². The Morgan fingerprint density at radius 1 is 1.18 bits per heavy atom. The van der Waals surface area contributed by atoms with Gasteiger partial charge in [-0.15, -0.1) is 0 Å². The van der Waals surface area contributed by atoms with E-state index < -0.39 is 86.5 Å². The van der Waals surface area contributed by atoms with Gasteiger partial charge in [0.1, 0.15) is 23.7 Å². The van der Waals surface area contributed by atoms with E-state index in [-0.39, 0.29) is 36.4 Å². The maximum absolute atomic E-state index is 13.8. The molecule has 3 aliphatic rings. The molecule has 0 bridgehead atoms. The molecule has 1 aromatic carbocycles. The van der Waals surface area contributed by atoms with Crippen LogP contribution in [0.3, 0.4) is 0 Å². The van der Waals surface area contributed by atoms with E-state index in [1.807, 2.05) is 5.32 Å². The number of oxazole rings is 1. The van der Waals surface area contributed by atoms with Gasteiger partial charge in [-0.2, -0.15) is 13.2 Å². The Balaban J connectivity index is 1.32. The Kier molecular flexibility index (Phi) is 6.82. The monoisotopic (exact) mass is 566 g/mol. The Bertz CT molecular complexity index is 1230. The number of alkyl carbamates (subject to hydrolysis) is 1. The summed E-state index contributed by atoms with van der Waals surface area (Å²) in [5, 5.41) is 4.43.